The molecule has 33 heavy (non-hydrogen) atoms. The highest BCUT2D eigenvalue weighted by molar-refractivity contribution is 7.89. The number of nitrogens with zero attached hydrogens (tertiary/aromatic N) is 4. The van der Waals surface area contributed by atoms with Crippen LogP contribution in [0.1, 0.15) is 23.2 Å². The van der Waals surface area contributed by atoms with Crippen LogP contribution in [-0.4, -0.2) is 86.8 Å². The van der Waals surface area contributed by atoms with Crippen molar-refractivity contribution in [1.29, 1.82) is 0 Å². The number of sulfonamides is 1. The van der Waals surface area contributed by atoms with Gasteiger partial charge in [0.15, 0.2) is 0 Å². The van der Waals surface area contributed by atoms with Crippen molar-refractivity contribution in [3.8, 4) is 0 Å². The SMILES string of the molecule is O=C(c1cccc(S(=O)(=O)N2CCN(c3ccc(F)cc3)CC2)c1)N1CCN2CCC[C@H]2C1. The van der Waals surface area contributed by atoms with Gasteiger partial charge in [-0.1, -0.05) is 6.07 Å². The van der Waals surface area contributed by atoms with Gasteiger partial charge in [0.2, 0.25) is 10.0 Å². The first-order valence-corrected chi connectivity index (χ1v) is 13.0. The largest absolute Gasteiger partial charge is 0.369 e. The molecule has 9 heteroatoms. The summed E-state index contributed by atoms with van der Waals surface area (Å²) in [5.74, 6) is -0.390. The van der Waals surface area contributed by atoms with Crippen LogP contribution in [0.4, 0.5) is 10.1 Å². The van der Waals surface area contributed by atoms with E-state index in [1.165, 1.54) is 28.9 Å². The molecule has 3 saturated heterocycles. The average Bonchev–Trinajstić information content (AvgIpc) is 3.32. The van der Waals surface area contributed by atoms with Crippen LogP contribution in [0, 0.1) is 5.82 Å². The molecule has 2 aromatic carbocycles. The van der Waals surface area contributed by atoms with Crippen LogP contribution in [-0.2, 0) is 10.0 Å². The molecular weight excluding hydrogens is 443 g/mol. The number of hydrogen-bond donors (Lipinski definition) is 0. The van der Waals surface area contributed by atoms with Gasteiger partial charge in [-0.3, -0.25) is 9.69 Å². The number of benzene rings is 2. The Morgan fingerprint density at radius 1 is 0.909 bits per heavy atom. The Hall–Kier alpha value is -2.49. The van der Waals surface area contributed by atoms with Gasteiger partial charge in [-0.2, -0.15) is 4.31 Å². The van der Waals surface area contributed by atoms with Crippen molar-refractivity contribution in [3.63, 3.8) is 0 Å². The van der Waals surface area contributed by atoms with E-state index in [1.807, 2.05) is 9.80 Å². The number of carbonyl (C=O) groups excluding carboxylic acids is 1. The van der Waals surface area contributed by atoms with Gasteiger partial charge in [-0.25, -0.2) is 12.8 Å². The lowest BCUT2D eigenvalue weighted by Crippen LogP contribution is -2.52. The lowest BCUT2D eigenvalue weighted by atomic mass is 10.1. The van der Waals surface area contributed by atoms with Crippen LogP contribution in [0.3, 0.4) is 0 Å². The highest BCUT2D eigenvalue weighted by atomic mass is 32.2. The second-order valence-corrected chi connectivity index (χ2v) is 10.9. The first kappa shape index (κ1) is 22.3. The van der Waals surface area contributed by atoms with Gasteiger partial charge in [0, 0.05) is 63.1 Å². The standard InChI is InChI=1S/C24H29FN4O3S/c25-20-6-8-21(9-7-20)27-13-15-29(16-14-27)33(31,32)23-5-1-3-19(17-23)24(30)28-12-11-26-10-2-4-22(26)18-28/h1,3,5-9,17,22H,2,4,10-16,18H2/t22-/m0/s1. The fourth-order valence-electron chi connectivity index (χ4n) is 5.14. The van der Waals surface area contributed by atoms with Crippen molar-refractivity contribution >= 4 is 21.6 Å². The van der Waals surface area contributed by atoms with Crippen LogP contribution in [0.2, 0.25) is 0 Å². The summed E-state index contributed by atoms with van der Waals surface area (Å²) < 4.78 is 41.3. The molecule has 1 atom stereocenters. The lowest BCUT2D eigenvalue weighted by molar-refractivity contribution is 0.0571. The van der Waals surface area contributed by atoms with E-state index in [-0.39, 0.29) is 16.6 Å². The third-order valence-corrected chi connectivity index (χ3v) is 8.92. The Balaban J connectivity index is 1.27. The summed E-state index contributed by atoms with van der Waals surface area (Å²) >= 11 is 0. The zero-order chi connectivity index (χ0) is 23.0. The van der Waals surface area contributed by atoms with Crippen LogP contribution in [0.5, 0.6) is 0 Å². The molecule has 0 radical (unpaired) electrons. The maximum atomic E-state index is 13.3. The second-order valence-electron chi connectivity index (χ2n) is 8.98. The van der Waals surface area contributed by atoms with E-state index in [1.54, 1.807) is 30.3 Å². The molecule has 3 heterocycles. The number of anilines is 1. The van der Waals surface area contributed by atoms with E-state index < -0.39 is 10.0 Å². The molecule has 3 aliphatic heterocycles. The zero-order valence-electron chi connectivity index (χ0n) is 18.6. The van der Waals surface area contributed by atoms with Crippen molar-refractivity contribution in [1.82, 2.24) is 14.1 Å². The highest BCUT2D eigenvalue weighted by Crippen LogP contribution is 2.25. The molecule has 0 spiro atoms. The first-order valence-electron chi connectivity index (χ1n) is 11.6. The molecule has 0 N–H and O–H groups in total. The summed E-state index contributed by atoms with van der Waals surface area (Å²) in [6, 6.07) is 13.1. The minimum Gasteiger partial charge on any atom is -0.369 e. The number of rotatable bonds is 4. The smallest absolute Gasteiger partial charge is 0.253 e. The van der Waals surface area contributed by atoms with E-state index in [9.17, 15) is 17.6 Å². The summed E-state index contributed by atoms with van der Waals surface area (Å²) in [6.07, 6.45) is 2.29. The molecule has 3 aliphatic rings. The molecule has 0 aliphatic carbocycles. The Kier molecular flexibility index (Phi) is 6.11. The fraction of sp³-hybridized carbons (Fsp3) is 0.458. The predicted octanol–water partition coefficient (Wildman–Crippen LogP) is 2.26. The van der Waals surface area contributed by atoms with Crippen LogP contribution in [0.15, 0.2) is 53.4 Å². The van der Waals surface area contributed by atoms with Gasteiger partial charge < -0.3 is 9.80 Å². The lowest BCUT2D eigenvalue weighted by Gasteiger charge is -2.37. The van der Waals surface area contributed by atoms with Crippen molar-refractivity contribution in [3.05, 3.63) is 59.9 Å². The van der Waals surface area contributed by atoms with Crippen LogP contribution >= 0.6 is 0 Å². The van der Waals surface area contributed by atoms with E-state index in [2.05, 4.69) is 4.90 Å². The highest BCUT2D eigenvalue weighted by Gasteiger charge is 2.34. The third kappa shape index (κ3) is 4.49. The Morgan fingerprint density at radius 3 is 2.42 bits per heavy atom. The predicted molar refractivity (Wildman–Crippen MR) is 124 cm³/mol. The van der Waals surface area contributed by atoms with Crippen molar-refractivity contribution < 1.29 is 17.6 Å². The molecule has 0 unspecified atom stereocenters. The number of piperazine rings is 2. The van der Waals surface area contributed by atoms with Gasteiger partial charge in [0.25, 0.3) is 5.91 Å². The van der Waals surface area contributed by atoms with Gasteiger partial charge >= 0.3 is 0 Å². The molecule has 176 valence electrons. The molecule has 5 rings (SSSR count). The topological polar surface area (TPSA) is 64.2 Å². The number of amides is 1. The molecule has 7 nitrogen and oxygen atoms in total. The monoisotopic (exact) mass is 472 g/mol. The second kappa shape index (κ2) is 9.04. The molecule has 2 aromatic rings. The molecule has 0 saturated carbocycles. The van der Waals surface area contributed by atoms with E-state index in [0.717, 1.165) is 25.2 Å². The zero-order valence-corrected chi connectivity index (χ0v) is 19.4. The molecule has 0 aromatic heterocycles. The third-order valence-electron chi connectivity index (χ3n) is 7.02. The van der Waals surface area contributed by atoms with Gasteiger partial charge in [0.05, 0.1) is 4.90 Å². The molecule has 0 bridgehead atoms. The van der Waals surface area contributed by atoms with Gasteiger partial charge in [0.1, 0.15) is 5.82 Å². The maximum absolute atomic E-state index is 13.3. The number of carbonyl (C=O) groups is 1. The quantitative estimate of drug-likeness (QED) is 0.683. The Bertz CT molecular complexity index is 1120. The average molecular weight is 473 g/mol. The van der Waals surface area contributed by atoms with Crippen molar-refractivity contribution in [2.75, 3.05) is 57.3 Å². The minimum atomic E-state index is -3.71. The molecule has 3 fully saturated rings. The minimum absolute atomic E-state index is 0.0975. The first-order chi connectivity index (χ1) is 15.9. The van der Waals surface area contributed by atoms with Crippen molar-refractivity contribution in [2.24, 2.45) is 0 Å². The fourth-order valence-corrected chi connectivity index (χ4v) is 6.60. The van der Waals surface area contributed by atoms with E-state index in [4.69, 9.17) is 0 Å². The summed E-state index contributed by atoms with van der Waals surface area (Å²) in [7, 11) is -3.71. The summed E-state index contributed by atoms with van der Waals surface area (Å²) in [4.78, 5) is 19.6. The number of hydrogen-bond acceptors (Lipinski definition) is 5. The summed E-state index contributed by atoms with van der Waals surface area (Å²) in [5.41, 5.74) is 1.30. The van der Waals surface area contributed by atoms with Gasteiger partial charge in [-0.05, 0) is 61.9 Å². The van der Waals surface area contributed by atoms with Crippen LogP contribution in [0.25, 0.3) is 0 Å². The van der Waals surface area contributed by atoms with E-state index >= 15 is 0 Å². The summed E-state index contributed by atoms with van der Waals surface area (Å²) in [5, 5.41) is 0. The number of fused-ring (bicyclic) bond motifs is 1. The van der Waals surface area contributed by atoms with Gasteiger partial charge in [-0.15, -0.1) is 0 Å². The maximum Gasteiger partial charge on any atom is 0.253 e. The van der Waals surface area contributed by atoms with E-state index in [0.29, 0.717) is 50.9 Å². The van der Waals surface area contributed by atoms with Crippen LogP contribution < -0.4 is 4.90 Å². The Morgan fingerprint density at radius 2 is 1.67 bits per heavy atom. The normalized spacial score (nSPS) is 22.4. The van der Waals surface area contributed by atoms with Crippen molar-refractivity contribution in [2.45, 2.75) is 23.8 Å². The number of halogens is 1. The molecular formula is C24H29FN4O3S. The molecule has 1 amide bonds. The summed E-state index contributed by atoms with van der Waals surface area (Å²) in [6.45, 7) is 5.09. The Labute approximate surface area is 194 Å².